The summed E-state index contributed by atoms with van der Waals surface area (Å²) >= 11 is 0. The number of halogens is 1. The van der Waals surface area contributed by atoms with Gasteiger partial charge < -0.3 is 11.5 Å². The molecule has 0 heterocycles. The molecule has 0 aliphatic carbocycles. The van der Waals surface area contributed by atoms with Crippen LogP contribution in [-0.4, -0.2) is 17.2 Å². The maximum absolute atomic E-state index is 12.2. The van der Waals surface area contributed by atoms with Crippen molar-refractivity contribution in [1.29, 1.82) is 0 Å². The molecule has 1 aromatic rings. The summed E-state index contributed by atoms with van der Waals surface area (Å²) < 4.78 is 12.2. The molecule has 1 rings (SSSR count). The van der Waals surface area contributed by atoms with Crippen molar-refractivity contribution in [3.8, 4) is 0 Å². The van der Waals surface area contributed by atoms with Gasteiger partial charge in [0.05, 0.1) is 0 Å². The largest absolute Gasteiger partial charge is 1.00 e. The van der Waals surface area contributed by atoms with E-state index in [0.717, 1.165) is 0 Å². The number of rotatable bonds is 1. The molecule has 5 heteroatoms. The topological polar surface area (TPSA) is 40.5 Å². The van der Waals surface area contributed by atoms with Crippen LogP contribution in [0.5, 0.6) is 0 Å². The van der Waals surface area contributed by atoms with Crippen molar-refractivity contribution in [3.05, 3.63) is 30.1 Å². The molecular weight excluding hydrogens is 173 g/mol. The molecule has 0 spiro atoms. The van der Waals surface area contributed by atoms with E-state index in [9.17, 15) is 4.39 Å². The maximum Gasteiger partial charge on any atom is 1.00 e. The van der Waals surface area contributed by atoms with Crippen LogP contribution in [0, 0.1) is 5.82 Å². The second-order valence-electron chi connectivity index (χ2n) is 1.93. The second kappa shape index (κ2) is 5.42. The van der Waals surface area contributed by atoms with E-state index in [1.54, 1.807) is 0 Å². The van der Waals surface area contributed by atoms with Crippen LogP contribution in [0.25, 0.3) is 0 Å². The number of hydrogen-bond acceptors (Lipinski definition) is 2. The third kappa shape index (κ3) is 3.80. The first-order valence-electron chi connectivity index (χ1n) is 2.82. The van der Waals surface area contributed by atoms with Gasteiger partial charge in [-0.3, -0.25) is 0 Å². The molecule has 11 heavy (non-hydrogen) atoms. The molecule has 0 aliphatic rings. The van der Waals surface area contributed by atoms with Crippen molar-refractivity contribution in [2.75, 3.05) is 0 Å². The summed E-state index contributed by atoms with van der Waals surface area (Å²) in [5.41, 5.74) is 0.293. The van der Waals surface area contributed by atoms with Crippen molar-refractivity contribution in [1.82, 2.24) is 0 Å². The Morgan fingerprint density at radius 2 is 1.64 bits per heavy atom. The van der Waals surface area contributed by atoms with Crippen molar-refractivity contribution < 1.29 is 67.2 Å². The van der Waals surface area contributed by atoms with E-state index in [1.165, 1.54) is 24.3 Å². The third-order valence-electron chi connectivity index (χ3n) is 1.17. The molecule has 2 nitrogen and oxygen atoms in total. The summed E-state index contributed by atoms with van der Waals surface area (Å²) in [4.78, 5) is 0. The summed E-state index contributed by atoms with van der Waals surface area (Å²) in [7, 11) is -1.51. The predicted molar refractivity (Wildman–Crippen MR) is 37.3 cm³/mol. The first-order valence-corrected chi connectivity index (χ1v) is 2.82. The van der Waals surface area contributed by atoms with Crippen molar-refractivity contribution in [2.24, 2.45) is 0 Å². The monoisotopic (exact) mass is 180 g/mol. The van der Waals surface area contributed by atoms with Crippen LogP contribution in [-0.2, 0) is 0 Å². The maximum atomic E-state index is 12.2. The van der Waals surface area contributed by atoms with Crippen molar-refractivity contribution in [3.63, 3.8) is 0 Å². The molecule has 0 atom stereocenters. The van der Waals surface area contributed by atoms with Crippen LogP contribution in [0.2, 0.25) is 0 Å². The van der Waals surface area contributed by atoms with Gasteiger partial charge >= 0.3 is 58.5 Å². The molecule has 0 aromatic heterocycles. The van der Waals surface area contributed by atoms with E-state index in [0.29, 0.717) is 5.46 Å². The molecule has 0 radical (unpaired) electrons. The number of hydrogen-bond donors (Lipinski definition) is 2. The zero-order chi connectivity index (χ0) is 7.56. The SMILES string of the molecule is OB(O)c1ccc(F)cc1.[H-].[K+]. The molecule has 0 fully saturated rings. The Labute approximate surface area is 108 Å². The van der Waals surface area contributed by atoms with Crippen LogP contribution in [0.4, 0.5) is 4.39 Å². The minimum Gasteiger partial charge on any atom is -1.00 e. The third-order valence-corrected chi connectivity index (χ3v) is 1.17. The summed E-state index contributed by atoms with van der Waals surface area (Å²) in [6.07, 6.45) is 0. The Hall–Kier alpha value is 0.771. The molecule has 2 N–H and O–H groups in total. The van der Waals surface area contributed by atoms with Gasteiger partial charge in [0.25, 0.3) is 0 Å². The standard InChI is InChI=1S/C6H6BFO2.K.H/c8-6-3-1-5(2-4-6)7(9)10;;/h1-4,9-10H;;/q;+1;-1. The molecule has 0 bridgehead atoms. The summed E-state index contributed by atoms with van der Waals surface area (Å²) in [5.74, 6) is -0.385. The minimum atomic E-state index is -1.51. The Morgan fingerprint density at radius 3 is 2.00 bits per heavy atom. The van der Waals surface area contributed by atoms with Crippen LogP contribution < -0.4 is 56.8 Å². The number of benzene rings is 1. The summed E-state index contributed by atoms with van der Waals surface area (Å²) in [6, 6.07) is 4.99. The normalized spacial score (nSPS) is 8.64. The molecular formula is C6H7BFKO2. The summed E-state index contributed by atoms with van der Waals surface area (Å²) in [5, 5.41) is 17.1. The molecule has 0 amide bonds. The smallest absolute Gasteiger partial charge is 1.00 e. The van der Waals surface area contributed by atoms with E-state index in [4.69, 9.17) is 10.0 Å². The first-order chi connectivity index (χ1) is 4.70. The van der Waals surface area contributed by atoms with Gasteiger partial charge in [-0.25, -0.2) is 4.39 Å². The molecule has 0 saturated heterocycles. The van der Waals surface area contributed by atoms with Gasteiger partial charge in [0, 0.05) is 0 Å². The minimum absolute atomic E-state index is 0. The fourth-order valence-electron chi connectivity index (χ4n) is 0.635. The molecule has 54 valence electrons. The Balaban J connectivity index is 0. The Morgan fingerprint density at radius 1 is 1.18 bits per heavy atom. The van der Waals surface area contributed by atoms with Gasteiger partial charge in [0.15, 0.2) is 0 Å². The van der Waals surface area contributed by atoms with Crippen molar-refractivity contribution in [2.45, 2.75) is 0 Å². The Kier molecular flexibility index (Phi) is 5.80. The van der Waals surface area contributed by atoms with Crippen molar-refractivity contribution >= 4 is 12.6 Å². The zero-order valence-corrected chi connectivity index (χ0v) is 9.28. The molecule has 0 aliphatic heterocycles. The van der Waals surface area contributed by atoms with Gasteiger partial charge in [-0.15, -0.1) is 0 Å². The van der Waals surface area contributed by atoms with Gasteiger partial charge in [-0.1, -0.05) is 12.1 Å². The van der Waals surface area contributed by atoms with E-state index in [2.05, 4.69) is 0 Å². The quantitative estimate of drug-likeness (QED) is 0.443. The average molecular weight is 180 g/mol. The van der Waals surface area contributed by atoms with Gasteiger partial charge in [0.1, 0.15) is 5.82 Å². The van der Waals surface area contributed by atoms with Gasteiger partial charge in [0.2, 0.25) is 0 Å². The van der Waals surface area contributed by atoms with Crippen LogP contribution >= 0.6 is 0 Å². The van der Waals surface area contributed by atoms with Gasteiger partial charge in [-0.2, -0.15) is 0 Å². The second-order valence-corrected chi connectivity index (χ2v) is 1.93. The van der Waals surface area contributed by atoms with E-state index in [-0.39, 0.29) is 58.6 Å². The predicted octanol–water partition coefficient (Wildman–Crippen LogP) is -3.38. The molecule has 0 saturated carbocycles. The van der Waals surface area contributed by atoms with Crippen LogP contribution in [0.15, 0.2) is 24.3 Å². The fraction of sp³-hybridized carbons (Fsp3) is 0. The van der Waals surface area contributed by atoms with Crippen LogP contribution in [0.1, 0.15) is 1.43 Å². The van der Waals surface area contributed by atoms with E-state index < -0.39 is 7.12 Å². The molecule has 0 unspecified atom stereocenters. The first kappa shape index (κ1) is 11.8. The Bertz CT molecular complexity index is 219. The van der Waals surface area contributed by atoms with Crippen LogP contribution in [0.3, 0.4) is 0 Å². The van der Waals surface area contributed by atoms with E-state index in [1.807, 2.05) is 0 Å². The van der Waals surface area contributed by atoms with Gasteiger partial charge in [-0.05, 0) is 17.6 Å². The molecule has 1 aromatic carbocycles. The fourth-order valence-corrected chi connectivity index (χ4v) is 0.635. The average Bonchev–Trinajstić information content (AvgIpc) is 1.88. The summed E-state index contributed by atoms with van der Waals surface area (Å²) in [6.45, 7) is 0. The van der Waals surface area contributed by atoms with E-state index >= 15 is 0 Å². The zero-order valence-electron chi connectivity index (χ0n) is 7.16.